The van der Waals surface area contributed by atoms with Crippen LogP contribution in [0.15, 0.2) is 0 Å². The molecule has 1 aromatic rings. The molecule has 9 heteroatoms. The predicted octanol–water partition coefficient (Wildman–Crippen LogP) is 0.787. The van der Waals surface area contributed by atoms with Crippen molar-refractivity contribution in [2.45, 2.75) is 12.0 Å². The summed E-state index contributed by atoms with van der Waals surface area (Å²) in [4.78, 5) is 11.3. The van der Waals surface area contributed by atoms with Gasteiger partial charge in [0.05, 0.1) is 13.7 Å². The lowest BCUT2D eigenvalue weighted by Crippen LogP contribution is -2.54. The summed E-state index contributed by atoms with van der Waals surface area (Å²) in [5.74, 6) is -12.1. The van der Waals surface area contributed by atoms with Crippen molar-refractivity contribution in [3.05, 3.63) is 34.6 Å². The van der Waals surface area contributed by atoms with E-state index in [0.717, 1.165) is 7.11 Å². The molecule has 0 unspecified atom stereocenters. The lowest BCUT2D eigenvalue weighted by molar-refractivity contribution is -0.148. The second-order valence-corrected chi connectivity index (χ2v) is 4.03. The molecule has 112 valence electrons. The summed E-state index contributed by atoms with van der Waals surface area (Å²) < 4.78 is 69.9. The molecule has 0 fully saturated rings. The molecule has 0 aromatic heterocycles. The van der Waals surface area contributed by atoms with E-state index in [9.17, 15) is 26.7 Å². The van der Waals surface area contributed by atoms with Gasteiger partial charge in [-0.1, -0.05) is 0 Å². The van der Waals surface area contributed by atoms with E-state index in [-0.39, 0.29) is 0 Å². The van der Waals surface area contributed by atoms with E-state index >= 15 is 0 Å². The Bertz CT molecular complexity index is 522. The number of aliphatic hydroxyl groups is 1. The Morgan fingerprint density at radius 2 is 1.50 bits per heavy atom. The molecule has 0 saturated carbocycles. The topological polar surface area (TPSA) is 72.5 Å². The second kappa shape index (κ2) is 5.71. The monoisotopic (exact) mass is 299 g/mol. The summed E-state index contributed by atoms with van der Waals surface area (Å²) in [6.07, 6.45) is -1.12. The van der Waals surface area contributed by atoms with Gasteiger partial charge in [-0.3, -0.25) is 0 Å². The minimum Gasteiger partial charge on any atom is -0.468 e. The van der Waals surface area contributed by atoms with Crippen LogP contribution in [0.25, 0.3) is 0 Å². The molecule has 0 saturated heterocycles. The van der Waals surface area contributed by atoms with Gasteiger partial charge in [-0.2, -0.15) is 0 Å². The Morgan fingerprint density at radius 3 is 1.85 bits per heavy atom. The van der Waals surface area contributed by atoms with E-state index in [2.05, 4.69) is 4.74 Å². The average Bonchev–Trinajstić information content (AvgIpc) is 2.46. The molecule has 0 amide bonds. The molecule has 4 nitrogen and oxygen atoms in total. The second-order valence-electron chi connectivity index (χ2n) is 4.03. The molecule has 0 bridgehead atoms. The van der Waals surface area contributed by atoms with Gasteiger partial charge in [0.25, 0.3) is 0 Å². The van der Waals surface area contributed by atoms with Crippen molar-refractivity contribution in [3.63, 3.8) is 0 Å². The number of rotatable bonds is 4. The molecule has 0 aliphatic heterocycles. The molecule has 1 rings (SSSR count). The number of esters is 1. The van der Waals surface area contributed by atoms with Crippen LogP contribution in [0.2, 0.25) is 0 Å². The van der Waals surface area contributed by atoms with Crippen molar-refractivity contribution >= 4 is 5.97 Å². The molecule has 0 aliphatic rings. The van der Waals surface area contributed by atoms with Crippen LogP contribution in [0.5, 0.6) is 0 Å². The van der Waals surface area contributed by atoms with Crippen LogP contribution in [-0.4, -0.2) is 30.3 Å². The van der Waals surface area contributed by atoms with Crippen LogP contribution in [0.4, 0.5) is 22.0 Å². The van der Waals surface area contributed by atoms with Crippen molar-refractivity contribution in [2.24, 2.45) is 5.73 Å². The van der Waals surface area contributed by atoms with Crippen molar-refractivity contribution in [1.29, 1.82) is 0 Å². The fourth-order valence-corrected chi connectivity index (χ4v) is 1.52. The Balaban J connectivity index is 3.38. The van der Waals surface area contributed by atoms with Gasteiger partial charge in [0, 0.05) is 12.0 Å². The highest BCUT2D eigenvalue weighted by molar-refractivity contribution is 5.81. The minimum atomic E-state index is -2.33. The zero-order chi connectivity index (χ0) is 15.7. The highest BCUT2D eigenvalue weighted by Crippen LogP contribution is 2.26. The smallest absolute Gasteiger partial charge is 0.328 e. The summed E-state index contributed by atoms with van der Waals surface area (Å²) in [6.45, 7) is -1.11. The molecular formula is C11H10F5NO3. The molecule has 3 N–H and O–H groups in total. The highest BCUT2D eigenvalue weighted by Gasteiger charge is 2.38. The number of nitrogens with two attached hydrogens (primary N) is 1. The summed E-state index contributed by atoms with van der Waals surface area (Å²) in [7, 11) is 0.887. The maximum atomic E-state index is 13.4. The largest absolute Gasteiger partial charge is 0.468 e. The molecule has 0 aliphatic carbocycles. The number of carbonyl (C=O) groups excluding carboxylic acids is 1. The van der Waals surface area contributed by atoms with Gasteiger partial charge < -0.3 is 15.6 Å². The first-order valence-electron chi connectivity index (χ1n) is 5.18. The van der Waals surface area contributed by atoms with E-state index in [1.54, 1.807) is 0 Å². The third kappa shape index (κ3) is 2.59. The zero-order valence-electron chi connectivity index (χ0n) is 10.1. The first-order chi connectivity index (χ1) is 9.19. The average molecular weight is 299 g/mol. The maximum Gasteiger partial charge on any atom is 0.328 e. The van der Waals surface area contributed by atoms with Crippen LogP contribution in [0.1, 0.15) is 5.56 Å². The standard InChI is InChI=1S/C11H10F5NO3/c1-20-10(19)11(17,3-18)2-4-5(12)7(14)9(16)8(15)6(4)13/h18H,2-3,17H2,1H3/t11-/m0/s1. The predicted molar refractivity (Wildman–Crippen MR) is 56.0 cm³/mol. The molecule has 0 radical (unpaired) electrons. The van der Waals surface area contributed by atoms with Crippen LogP contribution < -0.4 is 5.73 Å². The minimum absolute atomic E-state index is 0.887. The third-order valence-electron chi connectivity index (χ3n) is 2.67. The van der Waals surface area contributed by atoms with Crippen molar-refractivity contribution in [1.82, 2.24) is 0 Å². The van der Waals surface area contributed by atoms with Gasteiger partial charge >= 0.3 is 5.97 Å². The van der Waals surface area contributed by atoms with Crippen molar-refractivity contribution in [2.75, 3.05) is 13.7 Å². The number of aliphatic hydroxyl groups excluding tert-OH is 1. The SMILES string of the molecule is COC(=O)[C@@](N)(CO)Cc1c(F)c(F)c(F)c(F)c1F. The van der Waals surface area contributed by atoms with E-state index in [1.807, 2.05) is 0 Å². The number of carbonyl (C=O) groups is 1. The molecular weight excluding hydrogens is 289 g/mol. The Morgan fingerprint density at radius 1 is 1.10 bits per heavy atom. The van der Waals surface area contributed by atoms with Crippen LogP contribution in [0, 0.1) is 29.1 Å². The summed E-state index contributed by atoms with van der Waals surface area (Å²) in [5, 5.41) is 8.99. The molecule has 20 heavy (non-hydrogen) atoms. The first-order valence-corrected chi connectivity index (χ1v) is 5.18. The van der Waals surface area contributed by atoms with E-state index < -0.39 is 59.2 Å². The third-order valence-corrected chi connectivity index (χ3v) is 2.67. The number of ether oxygens (including phenoxy) is 1. The zero-order valence-corrected chi connectivity index (χ0v) is 10.1. The van der Waals surface area contributed by atoms with Crippen molar-refractivity contribution in [3.8, 4) is 0 Å². The Labute approximate surface area is 109 Å². The highest BCUT2D eigenvalue weighted by atomic mass is 19.2. The molecule has 1 atom stereocenters. The molecule has 1 aromatic carbocycles. The van der Waals surface area contributed by atoms with Crippen LogP contribution in [0.3, 0.4) is 0 Å². The molecule has 0 spiro atoms. The Kier molecular flexibility index (Phi) is 4.66. The van der Waals surface area contributed by atoms with Gasteiger partial charge in [-0.05, 0) is 0 Å². The van der Waals surface area contributed by atoms with Crippen LogP contribution >= 0.6 is 0 Å². The normalized spacial score (nSPS) is 14.0. The number of hydrogen-bond donors (Lipinski definition) is 2. The van der Waals surface area contributed by atoms with Gasteiger partial charge in [0.15, 0.2) is 23.3 Å². The van der Waals surface area contributed by atoms with E-state index in [4.69, 9.17) is 10.8 Å². The molecule has 0 heterocycles. The number of hydrogen-bond acceptors (Lipinski definition) is 4. The van der Waals surface area contributed by atoms with E-state index in [1.165, 1.54) is 0 Å². The van der Waals surface area contributed by atoms with Gasteiger partial charge in [-0.15, -0.1) is 0 Å². The van der Waals surface area contributed by atoms with Crippen molar-refractivity contribution < 1.29 is 36.6 Å². The summed E-state index contributed by atoms with van der Waals surface area (Å²) in [6, 6.07) is 0. The fraction of sp³-hybridized carbons (Fsp3) is 0.364. The number of methoxy groups -OCH3 is 1. The Hall–Kier alpha value is -1.74. The summed E-state index contributed by atoms with van der Waals surface area (Å²) in [5.41, 5.74) is 1.73. The van der Waals surface area contributed by atoms with Gasteiger partial charge in [0.1, 0.15) is 5.54 Å². The summed E-state index contributed by atoms with van der Waals surface area (Å²) >= 11 is 0. The lowest BCUT2D eigenvalue weighted by atomic mass is 9.91. The van der Waals surface area contributed by atoms with Gasteiger partial charge in [0.2, 0.25) is 5.82 Å². The van der Waals surface area contributed by atoms with E-state index in [0.29, 0.717) is 0 Å². The number of halogens is 5. The van der Waals surface area contributed by atoms with Gasteiger partial charge in [-0.25, -0.2) is 26.7 Å². The number of benzene rings is 1. The maximum absolute atomic E-state index is 13.4. The van der Waals surface area contributed by atoms with Crippen LogP contribution in [-0.2, 0) is 16.0 Å². The lowest BCUT2D eigenvalue weighted by Gasteiger charge is -2.24. The first kappa shape index (κ1) is 16.3. The fourth-order valence-electron chi connectivity index (χ4n) is 1.52. The quantitative estimate of drug-likeness (QED) is 0.373.